The van der Waals surface area contributed by atoms with Gasteiger partial charge in [0.15, 0.2) is 11.5 Å². The van der Waals surface area contributed by atoms with Gasteiger partial charge in [0.25, 0.3) is 0 Å². The van der Waals surface area contributed by atoms with Crippen molar-refractivity contribution in [2.24, 2.45) is 0 Å². The summed E-state index contributed by atoms with van der Waals surface area (Å²) in [5.41, 5.74) is 12.4. The highest BCUT2D eigenvalue weighted by atomic mass is 15.3. The summed E-state index contributed by atoms with van der Waals surface area (Å²) in [4.78, 5) is 15.0. The van der Waals surface area contributed by atoms with Crippen LogP contribution in [0.1, 0.15) is 31.2 Å². The molecule has 8 aromatic rings. The molecular weight excluding hydrogens is 550 g/mol. The number of nitrogens with zero attached hydrogens (tertiary/aromatic N) is 5. The molecule has 0 radical (unpaired) electrons. The second-order valence-electron chi connectivity index (χ2n) is 11.9. The Morgan fingerprint density at radius 1 is 0.556 bits per heavy atom. The molecule has 0 fully saturated rings. The fraction of sp³-hybridized carbons (Fsp3) is 0.100. The molecule has 45 heavy (non-hydrogen) atoms. The number of aromatic nitrogens is 5. The van der Waals surface area contributed by atoms with E-state index in [-0.39, 0.29) is 0 Å². The molecule has 4 aromatic heterocycles. The van der Waals surface area contributed by atoms with E-state index < -0.39 is 0 Å². The minimum atomic E-state index is 0.335. The zero-order valence-electron chi connectivity index (χ0n) is 25.4. The lowest BCUT2D eigenvalue weighted by Crippen LogP contribution is -1.96. The lowest BCUT2D eigenvalue weighted by Gasteiger charge is -2.13. The summed E-state index contributed by atoms with van der Waals surface area (Å²) in [6, 6.07) is 42.3. The maximum atomic E-state index is 5.10. The van der Waals surface area contributed by atoms with Crippen molar-refractivity contribution < 1.29 is 0 Å². The van der Waals surface area contributed by atoms with Gasteiger partial charge in [0.1, 0.15) is 0 Å². The van der Waals surface area contributed by atoms with Crippen molar-refractivity contribution in [3.8, 4) is 44.8 Å². The molecular formula is C40H31N5. The zero-order valence-corrected chi connectivity index (χ0v) is 25.4. The number of hydrogen-bond acceptors (Lipinski definition) is 4. The summed E-state index contributed by atoms with van der Waals surface area (Å²) in [5.74, 6) is 1.02. The average molecular weight is 582 g/mol. The smallest absolute Gasteiger partial charge is 0.182 e. The van der Waals surface area contributed by atoms with Crippen LogP contribution in [0.4, 0.5) is 0 Å². The molecule has 4 heterocycles. The first-order chi connectivity index (χ1) is 22.0. The third-order valence-corrected chi connectivity index (χ3v) is 8.47. The molecule has 216 valence electrons. The van der Waals surface area contributed by atoms with Crippen LogP contribution in [-0.2, 0) is 0 Å². The standard InChI is InChI=1S/C40H31N5/c1-25(2)36-21-20-33-34(22-31-15-14-26(3)41-37(31)38(33)42-36)29-16-18-30(19-17-29)39-43-40-35(28-12-8-5-9-13-28)23-32(24-45(40)44-39)27-10-6-4-7-11-27/h4-25H,1-3H3. The van der Waals surface area contributed by atoms with Gasteiger partial charge in [0.2, 0.25) is 0 Å². The van der Waals surface area contributed by atoms with E-state index in [0.717, 1.165) is 77.8 Å². The fourth-order valence-corrected chi connectivity index (χ4v) is 6.07. The molecule has 4 aromatic carbocycles. The topological polar surface area (TPSA) is 56.0 Å². The molecule has 0 saturated heterocycles. The summed E-state index contributed by atoms with van der Waals surface area (Å²) in [5, 5.41) is 7.16. The molecule has 5 nitrogen and oxygen atoms in total. The van der Waals surface area contributed by atoms with E-state index in [1.807, 2.05) is 23.6 Å². The molecule has 0 amide bonds. The van der Waals surface area contributed by atoms with Crippen LogP contribution in [0.15, 0.2) is 128 Å². The van der Waals surface area contributed by atoms with Gasteiger partial charge in [0.05, 0.1) is 11.0 Å². The van der Waals surface area contributed by atoms with Crippen LogP contribution < -0.4 is 0 Å². The minimum Gasteiger partial charge on any atom is -0.251 e. The molecule has 0 atom stereocenters. The Kier molecular flexibility index (Phi) is 6.45. The largest absolute Gasteiger partial charge is 0.251 e. The van der Waals surface area contributed by atoms with Gasteiger partial charge in [-0.25, -0.2) is 9.50 Å². The van der Waals surface area contributed by atoms with E-state index in [1.165, 1.54) is 0 Å². The summed E-state index contributed by atoms with van der Waals surface area (Å²) < 4.78 is 1.91. The molecule has 0 N–H and O–H groups in total. The highest BCUT2D eigenvalue weighted by Gasteiger charge is 2.16. The Morgan fingerprint density at radius 3 is 1.98 bits per heavy atom. The van der Waals surface area contributed by atoms with Crippen LogP contribution in [0, 0.1) is 6.92 Å². The quantitative estimate of drug-likeness (QED) is 0.190. The maximum Gasteiger partial charge on any atom is 0.182 e. The Morgan fingerprint density at radius 2 is 1.24 bits per heavy atom. The average Bonchev–Trinajstić information content (AvgIpc) is 3.53. The number of rotatable bonds is 5. The van der Waals surface area contributed by atoms with Crippen molar-refractivity contribution in [1.29, 1.82) is 0 Å². The van der Waals surface area contributed by atoms with Gasteiger partial charge in [-0.1, -0.05) is 111 Å². The van der Waals surface area contributed by atoms with Crippen molar-refractivity contribution in [3.05, 3.63) is 139 Å². The number of fused-ring (bicyclic) bond motifs is 4. The third kappa shape index (κ3) is 4.83. The first kappa shape index (κ1) is 26.9. The normalized spacial score (nSPS) is 11.6. The summed E-state index contributed by atoms with van der Waals surface area (Å²) >= 11 is 0. The monoisotopic (exact) mass is 581 g/mol. The lowest BCUT2D eigenvalue weighted by molar-refractivity contribution is 0.830. The molecule has 0 saturated carbocycles. The van der Waals surface area contributed by atoms with Crippen molar-refractivity contribution >= 4 is 27.5 Å². The minimum absolute atomic E-state index is 0.335. The van der Waals surface area contributed by atoms with E-state index in [1.54, 1.807) is 0 Å². The predicted octanol–water partition coefficient (Wildman–Crippen LogP) is 9.93. The van der Waals surface area contributed by atoms with Gasteiger partial charge in [-0.3, -0.25) is 9.97 Å². The van der Waals surface area contributed by atoms with Gasteiger partial charge >= 0.3 is 0 Å². The Bertz CT molecular complexity index is 2340. The van der Waals surface area contributed by atoms with Gasteiger partial charge in [-0.2, -0.15) is 0 Å². The summed E-state index contributed by atoms with van der Waals surface area (Å²) in [6.07, 6.45) is 2.07. The van der Waals surface area contributed by atoms with E-state index in [2.05, 4.69) is 129 Å². The van der Waals surface area contributed by atoms with Crippen LogP contribution >= 0.6 is 0 Å². The molecule has 0 aliphatic rings. The highest BCUT2D eigenvalue weighted by Crippen LogP contribution is 2.36. The number of hydrogen-bond donors (Lipinski definition) is 0. The van der Waals surface area contributed by atoms with Crippen LogP contribution in [0.2, 0.25) is 0 Å². The maximum absolute atomic E-state index is 5.10. The SMILES string of the molecule is Cc1ccc2cc(-c3ccc(-c4nc5c(-c6ccccc6)cc(-c6ccccc6)cn5n4)cc3)c3ccc(C(C)C)nc3c2n1. The van der Waals surface area contributed by atoms with Gasteiger partial charge in [-0.05, 0) is 59.4 Å². The van der Waals surface area contributed by atoms with Crippen LogP contribution in [0.25, 0.3) is 72.2 Å². The van der Waals surface area contributed by atoms with Crippen molar-refractivity contribution in [3.63, 3.8) is 0 Å². The molecule has 5 heteroatoms. The van der Waals surface area contributed by atoms with Gasteiger partial charge in [0, 0.05) is 45.0 Å². The highest BCUT2D eigenvalue weighted by molar-refractivity contribution is 6.10. The summed E-state index contributed by atoms with van der Waals surface area (Å²) in [7, 11) is 0. The molecule has 0 spiro atoms. The Balaban J connectivity index is 1.25. The van der Waals surface area contributed by atoms with Gasteiger partial charge < -0.3 is 0 Å². The second kappa shape index (κ2) is 10.8. The van der Waals surface area contributed by atoms with E-state index >= 15 is 0 Å². The van der Waals surface area contributed by atoms with Crippen LogP contribution in [-0.4, -0.2) is 24.6 Å². The summed E-state index contributed by atoms with van der Waals surface area (Å²) in [6.45, 7) is 6.38. The molecule has 0 aliphatic carbocycles. The fourth-order valence-electron chi connectivity index (χ4n) is 6.07. The van der Waals surface area contributed by atoms with Crippen molar-refractivity contribution in [1.82, 2.24) is 24.6 Å². The van der Waals surface area contributed by atoms with Crippen molar-refractivity contribution in [2.75, 3.05) is 0 Å². The molecule has 0 unspecified atom stereocenters. The van der Waals surface area contributed by atoms with E-state index in [4.69, 9.17) is 20.1 Å². The van der Waals surface area contributed by atoms with Crippen LogP contribution in [0.5, 0.6) is 0 Å². The van der Waals surface area contributed by atoms with Crippen molar-refractivity contribution in [2.45, 2.75) is 26.7 Å². The molecule has 0 aliphatic heterocycles. The molecule has 8 rings (SSSR count). The van der Waals surface area contributed by atoms with E-state index in [0.29, 0.717) is 11.7 Å². The second-order valence-corrected chi connectivity index (χ2v) is 11.9. The first-order valence-corrected chi connectivity index (χ1v) is 15.3. The van der Waals surface area contributed by atoms with Gasteiger partial charge in [-0.15, -0.1) is 5.10 Å². The first-order valence-electron chi connectivity index (χ1n) is 15.3. The number of aryl methyl sites for hydroxylation is 1. The van der Waals surface area contributed by atoms with Crippen LogP contribution in [0.3, 0.4) is 0 Å². The Labute approximate surface area is 261 Å². The lowest BCUT2D eigenvalue weighted by atomic mass is 9.96. The number of pyridine rings is 3. The molecule has 0 bridgehead atoms. The Hall–Kier alpha value is -5.68. The van der Waals surface area contributed by atoms with E-state index in [9.17, 15) is 0 Å². The zero-order chi connectivity index (χ0) is 30.5. The predicted molar refractivity (Wildman–Crippen MR) is 184 cm³/mol. The number of benzene rings is 4. The third-order valence-electron chi connectivity index (χ3n) is 8.47.